The Labute approximate surface area is 120 Å². The normalized spacial score (nSPS) is 23.8. The Bertz CT molecular complexity index is 466. The van der Waals surface area contributed by atoms with Crippen molar-refractivity contribution >= 4 is 5.91 Å². The second-order valence-electron chi connectivity index (χ2n) is 6.04. The number of carbonyl (C=O) groups excluding carboxylic acids is 1. The van der Waals surface area contributed by atoms with Crippen molar-refractivity contribution < 1.29 is 4.79 Å². The first kappa shape index (κ1) is 13.6. The molecule has 1 spiro atoms. The molecule has 2 aliphatic heterocycles. The van der Waals surface area contributed by atoms with Crippen molar-refractivity contribution in [1.82, 2.24) is 15.1 Å². The number of likely N-dealkylation sites (tertiary alicyclic amines) is 1. The molecule has 0 atom stereocenters. The van der Waals surface area contributed by atoms with Crippen molar-refractivity contribution in [3.05, 3.63) is 35.9 Å². The summed E-state index contributed by atoms with van der Waals surface area (Å²) in [6.45, 7) is 3.88. The van der Waals surface area contributed by atoms with Crippen LogP contribution in [0.15, 0.2) is 30.3 Å². The molecular weight excluding hydrogens is 250 g/mol. The fourth-order valence-corrected chi connectivity index (χ4v) is 3.32. The summed E-state index contributed by atoms with van der Waals surface area (Å²) in [5, 5.41) is 3.28. The lowest BCUT2D eigenvalue weighted by Gasteiger charge is -2.51. The molecule has 108 valence electrons. The lowest BCUT2D eigenvalue weighted by atomic mass is 9.91. The molecule has 1 aromatic rings. The zero-order chi connectivity index (χ0) is 14.0. The molecule has 1 N–H and O–H groups in total. The van der Waals surface area contributed by atoms with Crippen molar-refractivity contribution in [1.29, 1.82) is 0 Å². The van der Waals surface area contributed by atoms with Crippen LogP contribution in [0.4, 0.5) is 0 Å². The quantitative estimate of drug-likeness (QED) is 0.885. The van der Waals surface area contributed by atoms with Crippen LogP contribution >= 0.6 is 0 Å². The molecule has 1 aromatic carbocycles. The first-order valence-corrected chi connectivity index (χ1v) is 7.46. The van der Waals surface area contributed by atoms with Crippen LogP contribution in [0.25, 0.3) is 0 Å². The summed E-state index contributed by atoms with van der Waals surface area (Å²) in [6.07, 6.45) is 2.65. The van der Waals surface area contributed by atoms with Crippen LogP contribution in [0, 0.1) is 0 Å². The maximum Gasteiger partial charge on any atom is 0.222 e. The summed E-state index contributed by atoms with van der Waals surface area (Å²) in [5.74, 6) is 0.207. The standard InChI is InChI=1S/C16H23N3O/c1-18-11-8-16(9-12-18)17-15(20)7-10-19(16)13-14-5-3-2-4-6-14/h2-6H,7-13H2,1H3,(H,17,20). The summed E-state index contributed by atoms with van der Waals surface area (Å²) in [5.41, 5.74) is 1.19. The molecule has 3 rings (SSSR count). The molecule has 0 bridgehead atoms. The minimum Gasteiger partial charge on any atom is -0.338 e. The van der Waals surface area contributed by atoms with Crippen LogP contribution in [0.5, 0.6) is 0 Å². The Balaban J connectivity index is 1.78. The third kappa shape index (κ3) is 2.72. The second-order valence-corrected chi connectivity index (χ2v) is 6.04. The van der Waals surface area contributed by atoms with E-state index in [2.05, 4.69) is 46.4 Å². The number of carbonyl (C=O) groups is 1. The minimum atomic E-state index is -0.127. The fourth-order valence-electron chi connectivity index (χ4n) is 3.32. The van der Waals surface area contributed by atoms with Crippen LogP contribution in [0.2, 0.25) is 0 Å². The van der Waals surface area contributed by atoms with E-state index >= 15 is 0 Å². The molecule has 0 aromatic heterocycles. The minimum absolute atomic E-state index is 0.127. The van der Waals surface area contributed by atoms with Crippen molar-refractivity contribution in [3.63, 3.8) is 0 Å². The van der Waals surface area contributed by atoms with Crippen LogP contribution in [-0.2, 0) is 11.3 Å². The molecule has 0 aliphatic carbocycles. The van der Waals surface area contributed by atoms with E-state index in [0.29, 0.717) is 6.42 Å². The van der Waals surface area contributed by atoms with E-state index in [-0.39, 0.29) is 11.6 Å². The first-order valence-electron chi connectivity index (χ1n) is 7.46. The van der Waals surface area contributed by atoms with Gasteiger partial charge < -0.3 is 10.2 Å². The molecular formula is C16H23N3O. The Morgan fingerprint density at radius 2 is 1.85 bits per heavy atom. The SMILES string of the molecule is CN1CCC2(CC1)NC(=O)CCN2Cc1ccccc1. The van der Waals surface area contributed by atoms with Gasteiger partial charge in [-0.1, -0.05) is 30.3 Å². The molecule has 2 aliphatic rings. The number of amides is 1. The largest absolute Gasteiger partial charge is 0.338 e. The molecule has 4 heteroatoms. The lowest BCUT2D eigenvalue weighted by Crippen LogP contribution is -2.67. The molecule has 2 fully saturated rings. The van der Waals surface area contributed by atoms with Gasteiger partial charge in [0.05, 0.1) is 5.66 Å². The molecule has 2 saturated heterocycles. The van der Waals surface area contributed by atoms with Crippen LogP contribution in [0.3, 0.4) is 0 Å². The number of hydrogen-bond donors (Lipinski definition) is 1. The Morgan fingerprint density at radius 3 is 2.55 bits per heavy atom. The van der Waals surface area contributed by atoms with Crippen LogP contribution in [0.1, 0.15) is 24.8 Å². The van der Waals surface area contributed by atoms with Gasteiger partial charge in [-0.15, -0.1) is 0 Å². The average molecular weight is 273 g/mol. The summed E-state index contributed by atoms with van der Waals surface area (Å²) in [7, 11) is 2.15. The van der Waals surface area contributed by atoms with Gasteiger partial charge in [0, 0.05) is 32.6 Å². The van der Waals surface area contributed by atoms with Gasteiger partial charge in [0.1, 0.15) is 0 Å². The van der Waals surface area contributed by atoms with E-state index in [4.69, 9.17) is 0 Å². The molecule has 2 heterocycles. The monoisotopic (exact) mass is 273 g/mol. The van der Waals surface area contributed by atoms with E-state index in [1.54, 1.807) is 0 Å². The van der Waals surface area contributed by atoms with Gasteiger partial charge in [-0.2, -0.15) is 0 Å². The van der Waals surface area contributed by atoms with Crippen molar-refractivity contribution in [2.45, 2.75) is 31.5 Å². The first-order chi connectivity index (χ1) is 9.68. The second kappa shape index (κ2) is 5.54. The summed E-state index contributed by atoms with van der Waals surface area (Å²) < 4.78 is 0. The van der Waals surface area contributed by atoms with Crippen molar-refractivity contribution in [2.24, 2.45) is 0 Å². The number of piperidine rings is 1. The fraction of sp³-hybridized carbons (Fsp3) is 0.562. The van der Waals surface area contributed by atoms with Crippen molar-refractivity contribution in [2.75, 3.05) is 26.7 Å². The Hall–Kier alpha value is -1.39. The predicted octanol–water partition coefficient (Wildman–Crippen LogP) is 1.43. The zero-order valence-electron chi connectivity index (χ0n) is 12.1. The number of nitrogens with one attached hydrogen (secondary N) is 1. The van der Waals surface area contributed by atoms with Gasteiger partial charge in [-0.25, -0.2) is 0 Å². The van der Waals surface area contributed by atoms with Gasteiger partial charge in [-0.05, 0) is 25.5 Å². The van der Waals surface area contributed by atoms with Gasteiger partial charge in [0.25, 0.3) is 0 Å². The number of nitrogens with zero attached hydrogens (tertiary/aromatic N) is 2. The highest BCUT2D eigenvalue weighted by Crippen LogP contribution is 2.30. The molecule has 0 unspecified atom stereocenters. The van der Waals surface area contributed by atoms with Crippen LogP contribution < -0.4 is 5.32 Å². The molecule has 0 radical (unpaired) electrons. The Kier molecular flexibility index (Phi) is 3.76. The molecule has 0 saturated carbocycles. The van der Waals surface area contributed by atoms with Gasteiger partial charge in [0.15, 0.2) is 0 Å². The van der Waals surface area contributed by atoms with Gasteiger partial charge in [-0.3, -0.25) is 9.69 Å². The summed E-state index contributed by atoms with van der Waals surface area (Å²) in [6, 6.07) is 10.5. The van der Waals surface area contributed by atoms with Crippen LogP contribution in [-0.4, -0.2) is 48.1 Å². The molecule has 20 heavy (non-hydrogen) atoms. The molecule has 1 amide bonds. The highest BCUT2D eigenvalue weighted by atomic mass is 16.2. The number of hydrogen-bond acceptors (Lipinski definition) is 3. The van der Waals surface area contributed by atoms with E-state index in [0.717, 1.165) is 39.0 Å². The summed E-state index contributed by atoms with van der Waals surface area (Å²) in [4.78, 5) is 16.7. The third-order valence-electron chi connectivity index (χ3n) is 4.62. The topological polar surface area (TPSA) is 35.6 Å². The number of rotatable bonds is 2. The predicted molar refractivity (Wildman–Crippen MR) is 79.1 cm³/mol. The third-order valence-corrected chi connectivity index (χ3v) is 4.62. The van der Waals surface area contributed by atoms with E-state index in [1.807, 2.05) is 6.07 Å². The van der Waals surface area contributed by atoms with E-state index in [1.165, 1.54) is 5.56 Å². The number of benzene rings is 1. The van der Waals surface area contributed by atoms with Gasteiger partial charge >= 0.3 is 0 Å². The summed E-state index contributed by atoms with van der Waals surface area (Å²) >= 11 is 0. The van der Waals surface area contributed by atoms with E-state index < -0.39 is 0 Å². The molecule has 4 nitrogen and oxygen atoms in total. The lowest BCUT2D eigenvalue weighted by molar-refractivity contribution is -0.135. The average Bonchev–Trinajstić information content (AvgIpc) is 2.47. The maximum atomic E-state index is 11.9. The highest BCUT2D eigenvalue weighted by molar-refractivity contribution is 5.77. The van der Waals surface area contributed by atoms with E-state index in [9.17, 15) is 4.79 Å². The Morgan fingerprint density at radius 1 is 1.15 bits per heavy atom. The zero-order valence-corrected chi connectivity index (χ0v) is 12.1. The van der Waals surface area contributed by atoms with Gasteiger partial charge in [0.2, 0.25) is 5.91 Å². The highest BCUT2D eigenvalue weighted by Gasteiger charge is 2.42. The van der Waals surface area contributed by atoms with Crippen molar-refractivity contribution in [3.8, 4) is 0 Å². The maximum absolute atomic E-state index is 11.9. The smallest absolute Gasteiger partial charge is 0.222 e.